The first-order valence-electron chi connectivity index (χ1n) is 9.80. The molecule has 2 aromatic heterocycles. The minimum absolute atomic E-state index is 0.205. The van der Waals surface area contributed by atoms with Crippen LogP contribution in [0.25, 0.3) is 33.9 Å². The Morgan fingerprint density at radius 2 is 1.78 bits per heavy atom. The Labute approximate surface area is 197 Å². The van der Waals surface area contributed by atoms with Crippen molar-refractivity contribution in [3.63, 3.8) is 0 Å². The van der Waals surface area contributed by atoms with Gasteiger partial charge in [-0.2, -0.15) is 0 Å². The fourth-order valence-corrected chi connectivity index (χ4v) is 3.80. The van der Waals surface area contributed by atoms with Gasteiger partial charge in [0.15, 0.2) is 11.3 Å². The van der Waals surface area contributed by atoms with Crippen LogP contribution in [-0.2, 0) is 0 Å². The molecule has 158 valence electrons. The molecule has 5 rings (SSSR count). The SMILES string of the molecule is Cc1ccc2oc(-c3cc(NC(=O)c4ccc(-c5ccc(Br)cc5)o4)ccc3Cl)nc2c1. The van der Waals surface area contributed by atoms with E-state index in [-0.39, 0.29) is 11.7 Å². The van der Waals surface area contributed by atoms with E-state index in [1.165, 1.54) is 0 Å². The van der Waals surface area contributed by atoms with E-state index in [2.05, 4.69) is 26.2 Å². The fraction of sp³-hybridized carbons (Fsp3) is 0.0400. The molecule has 0 spiro atoms. The number of carbonyl (C=O) groups excluding carboxylic acids is 1. The number of nitrogens with zero attached hydrogens (tertiary/aromatic N) is 1. The third-order valence-electron chi connectivity index (χ3n) is 4.96. The number of furan rings is 1. The summed E-state index contributed by atoms with van der Waals surface area (Å²) in [4.78, 5) is 17.3. The van der Waals surface area contributed by atoms with Crippen LogP contribution in [0.3, 0.4) is 0 Å². The number of aryl methyl sites for hydroxylation is 1. The molecule has 1 N–H and O–H groups in total. The van der Waals surface area contributed by atoms with E-state index in [0.29, 0.717) is 33.5 Å². The van der Waals surface area contributed by atoms with Gasteiger partial charge in [0.1, 0.15) is 11.3 Å². The zero-order valence-corrected chi connectivity index (χ0v) is 19.2. The first-order chi connectivity index (χ1) is 15.5. The van der Waals surface area contributed by atoms with Gasteiger partial charge < -0.3 is 14.2 Å². The van der Waals surface area contributed by atoms with Gasteiger partial charge in [0.05, 0.1) is 10.6 Å². The lowest BCUT2D eigenvalue weighted by Crippen LogP contribution is -2.10. The molecule has 0 aliphatic carbocycles. The van der Waals surface area contributed by atoms with Crippen LogP contribution in [-0.4, -0.2) is 10.9 Å². The molecule has 2 heterocycles. The molecule has 0 fully saturated rings. The quantitative estimate of drug-likeness (QED) is 0.270. The number of fused-ring (bicyclic) bond motifs is 1. The molecule has 0 saturated heterocycles. The highest BCUT2D eigenvalue weighted by Crippen LogP contribution is 2.33. The Morgan fingerprint density at radius 3 is 2.59 bits per heavy atom. The van der Waals surface area contributed by atoms with Crippen LogP contribution in [0.2, 0.25) is 5.02 Å². The Balaban J connectivity index is 1.40. The van der Waals surface area contributed by atoms with Crippen LogP contribution in [0.1, 0.15) is 16.1 Å². The number of hydrogen-bond donors (Lipinski definition) is 1. The number of nitrogens with one attached hydrogen (secondary N) is 1. The van der Waals surface area contributed by atoms with Crippen molar-refractivity contribution in [1.29, 1.82) is 0 Å². The van der Waals surface area contributed by atoms with Gasteiger partial charge in [-0.15, -0.1) is 0 Å². The van der Waals surface area contributed by atoms with Gasteiger partial charge in [-0.25, -0.2) is 4.98 Å². The lowest BCUT2D eigenvalue weighted by molar-refractivity contribution is 0.0997. The molecule has 0 unspecified atom stereocenters. The summed E-state index contributed by atoms with van der Waals surface area (Å²) in [6.07, 6.45) is 0. The van der Waals surface area contributed by atoms with Gasteiger partial charge in [0.25, 0.3) is 5.91 Å². The minimum Gasteiger partial charge on any atom is -0.451 e. The summed E-state index contributed by atoms with van der Waals surface area (Å²) in [6, 6.07) is 22.0. The Hall–Kier alpha value is -3.35. The summed E-state index contributed by atoms with van der Waals surface area (Å²) in [7, 11) is 0. The molecule has 0 radical (unpaired) electrons. The maximum atomic E-state index is 12.7. The van der Waals surface area contributed by atoms with Gasteiger partial charge in [0, 0.05) is 15.7 Å². The number of oxazole rings is 1. The number of aromatic nitrogens is 1. The summed E-state index contributed by atoms with van der Waals surface area (Å²) in [5, 5.41) is 3.32. The van der Waals surface area contributed by atoms with E-state index < -0.39 is 0 Å². The molecule has 7 heteroatoms. The van der Waals surface area contributed by atoms with Crippen LogP contribution in [0, 0.1) is 6.92 Å². The molecule has 1 amide bonds. The summed E-state index contributed by atoms with van der Waals surface area (Å²) >= 11 is 9.80. The van der Waals surface area contributed by atoms with Crippen molar-refractivity contribution >= 4 is 50.2 Å². The van der Waals surface area contributed by atoms with Gasteiger partial charge in [0.2, 0.25) is 5.89 Å². The number of benzene rings is 3. The molecular formula is C25H16BrClN2O3. The molecular weight excluding hydrogens is 492 g/mol. The third-order valence-corrected chi connectivity index (χ3v) is 5.81. The van der Waals surface area contributed by atoms with Crippen molar-refractivity contribution in [2.75, 3.05) is 5.32 Å². The first-order valence-corrected chi connectivity index (χ1v) is 11.0. The summed E-state index contributed by atoms with van der Waals surface area (Å²) < 4.78 is 12.6. The highest BCUT2D eigenvalue weighted by Gasteiger charge is 2.16. The second kappa shape index (κ2) is 8.30. The van der Waals surface area contributed by atoms with Gasteiger partial charge in [-0.3, -0.25) is 4.79 Å². The molecule has 32 heavy (non-hydrogen) atoms. The second-order valence-electron chi connectivity index (χ2n) is 7.31. The van der Waals surface area contributed by atoms with E-state index in [4.69, 9.17) is 20.4 Å². The third kappa shape index (κ3) is 4.07. The van der Waals surface area contributed by atoms with Gasteiger partial charge in [-0.05, 0) is 67.1 Å². The fourth-order valence-electron chi connectivity index (χ4n) is 3.34. The largest absolute Gasteiger partial charge is 0.451 e. The van der Waals surface area contributed by atoms with E-state index in [9.17, 15) is 4.79 Å². The van der Waals surface area contributed by atoms with Crippen LogP contribution in [0.5, 0.6) is 0 Å². The van der Waals surface area contributed by atoms with E-state index in [1.807, 2.05) is 49.4 Å². The molecule has 0 bridgehead atoms. The standard InChI is InChI=1S/C25H16BrClN2O3/c1-14-2-9-22-20(12-14)29-25(32-22)18-13-17(7-8-19(18)27)28-24(30)23-11-10-21(31-23)15-3-5-16(26)6-4-15/h2-13H,1H3,(H,28,30). The smallest absolute Gasteiger partial charge is 0.291 e. The van der Waals surface area contributed by atoms with E-state index in [0.717, 1.165) is 21.1 Å². The monoisotopic (exact) mass is 506 g/mol. The van der Waals surface area contributed by atoms with Crippen LogP contribution < -0.4 is 5.32 Å². The van der Waals surface area contributed by atoms with Crippen molar-refractivity contribution in [3.8, 4) is 22.8 Å². The van der Waals surface area contributed by atoms with Crippen molar-refractivity contribution in [1.82, 2.24) is 4.98 Å². The average molecular weight is 508 g/mol. The van der Waals surface area contributed by atoms with Gasteiger partial charge >= 0.3 is 0 Å². The topological polar surface area (TPSA) is 68.3 Å². The van der Waals surface area contributed by atoms with Crippen molar-refractivity contribution < 1.29 is 13.6 Å². The molecule has 0 atom stereocenters. The zero-order chi connectivity index (χ0) is 22.2. The lowest BCUT2D eigenvalue weighted by Gasteiger charge is -2.06. The second-order valence-corrected chi connectivity index (χ2v) is 8.63. The Bertz CT molecular complexity index is 1450. The normalized spacial score (nSPS) is 11.1. The van der Waals surface area contributed by atoms with Crippen LogP contribution in [0.4, 0.5) is 5.69 Å². The average Bonchev–Trinajstić information content (AvgIpc) is 3.43. The number of halogens is 2. The van der Waals surface area contributed by atoms with Crippen LogP contribution >= 0.6 is 27.5 Å². The number of carbonyl (C=O) groups is 1. The van der Waals surface area contributed by atoms with Crippen molar-refractivity contribution in [2.45, 2.75) is 6.92 Å². The molecule has 0 aliphatic rings. The lowest BCUT2D eigenvalue weighted by atomic mass is 10.2. The van der Waals surface area contributed by atoms with E-state index in [1.54, 1.807) is 30.3 Å². The summed E-state index contributed by atoms with van der Waals surface area (Å²) in [6.45, 7) is 1.99. The Morgan fingerprint density at radius 1 is 0.969 bits per heavy atom. The number of hydrogen-bond acceptors (Lipinski definition) is 4. The molecule has 0 aliphatic heterocycles. The van der Waals surface area contributed by atoms with Crippen molar-refractivity contribution in [3.05, 3.63) is 93.6 Å². The summed E-state index contributed by atoms with van der Waals surface area (Å²) in [5.41, 5.74) is 4.54. The maximum absolute atomic E-state index is 12.7. The maximum Gasteiger partial charge on any atom is 0.291 e. The van der Waals surface area contributed by atoms with Gasteiger partial charge in [-0.1, -0.05) is 45.7 Å². The minimum atomic E-state index is -0.366. The number of amides is 1. The zero-order valence-electron chi connectivity index (χ0n) is 16.9. The highest BCUT2D eigenvalue weighted by atomic mass is 79.9. The predicted molar refractivity (Wildman–Crippen MR) is 129 cm³/mol. The Kier molecular flexibility index (Phi) is 5.33. The summed E-state index contributed by atoms with van der Waals surface area (Å²) in [5.74, 6) is 0.843. The highest BCUT2D eigenvalue weighted by molar-refractivity contribution is 9.10. The van der Waals surface area contributed by atoms with Crippen molar-refractivity contribution in [2.24, 2.45) is 0 Å². The van der Waals surface area contributed by atoms with E-state index >= 15 is 0 Å². The van der Waals surface area contributed by atoms with Crippen LogP contribution in [0.15, 0.2) is 86.1 Å². The molecule has 0 saturated carbocycles. The number of anilines is 1. The predicted octanol–water partition coefficient (Wildman–Crippen LogP) is 7.73. The first kappa shape index (κ1) is 20.5. The number of rotatable bonds is 4. The molecule has 5 nitrogen and oxygen atoms in total. The molecule has 5 aromatic rings. The molecule has 3 aromatic carbocycles.